The maximum absolute atomic E-state index is 13.0. The Hall–Kier alpha value is -4.50. The molecule has 0 aromatic heterocycles. The Morgan fingerprint density at radius 1 is 1.11 bits per heavy atom. The average molecular weight is 485 g/mol. The van der Waals surface area contributed by atoms with Crippen LogP contribution in [0.3, 0.4) is 0 Å². The molecule has 1 saturated heterocycles. The smallest absolute Gasteiger partial charge is 0.320 e. The predicted octanol–water partition coefficient (Wildman–Crippen LogP) is 4.58. The largest absolute Gasteiger partial charge is 0.480 e. The minimum atomic E-state index is -0.791. The first-order valence-electron chi connectivity index (χ1n) is 11.6. The molecule has 9 nitrogen and oxygen atoms in total. The highest BCUT2D eigenvalue weighted by Crippen LogP contribution is 2.39. The molecule has 0 saturated carbocycles. The number of non-ortho nitro benzene ring substituents is 1. The number of carboxylic acid groups (broad SMARTS) is 1. The third kappa shape index (κ3) is 4.56. The zero-order valence-corrected chi connectivity index (χ0v) is 19.3. The molecule has 0 aliphatic carbocycles. The Morgan fingerprint density at radius 2 is 1.86 bits per heavy atom. The minimum Gasteiger partial charge on any atom is -0.480 e. The summed E-state index contributed by atoms with van der Waals surface area (Å²) in [5, 5.41) is 26.9. The molecule has 3 aromatic rings. The van der Waals surface area contributed by atoms with Crippen molar-refractivity contribution >= 4 is 40.2 Å². The number of aliphatic carboxylic acids is 1. The van der Waals surface area contributed by atoms with E-state index in [9.17, 15) is 24.8 Å². The molecule has 9 heteroatoms. The van der Waals surface area contributed by atoms with Crippen molar-refractivity contribution < 1.29 is 19.6 Å². The first-order valence-corrected chi connectivity index (χ1v) is 11.6. The maximum atomic E-state index is 13.0. The SMILES string of the molecule is O=C1Nc2ccc([N+](=O)[O-])cc2/C1=C(/Nc1ccc(CN2CCCC2C(=O)O)cc1)c1ccccc1. The molecule has 0 radical (unpaired) electrons. The highest BCUT2D eigenvalue weighted by atomic mass is 16.6. The Balaban J connectivity index is 1.48. The van der Waals surface area contributed by atoms with Crippen molar-refractivity contribution in [2.75, 3.05) is 17.2 Å². The van der Waals surface area contributed by atoms with Crippen LogP contribution in [0.2, 0.25) is 0 Å². The van der Waals surface area contributed by atoms with E-state index in [1.54, 1.807) is 6.07 Å². The number of rotatable bonds is 7. The van der Waals surface area contributed by atoms with Gasteiger partial charge < -0.3 is 15.7 Å². The van der Waals surface area contributed by atoms with Crippen molar-refractivity contribution in [2.45, 2.75) is 25.4 Å². The van der Waals surface area contributed by atoms with Crippen LogP contribution in [0.1, 0.15) is 29.5 Å². The molecular weight excluding hydrogens is 460 g/mol. The van der Waals surface area contributed by atoms with Gasteiger partial charge >= 0.3 is 5.97 Å². The lowest BCUT2D eigenvalue weighted by atomic mass is 9.99. The van der Waals surface area contributed by atoms with E-state index in [1.807, 2.05) is 59.5 Å². The van der Waals surface area contributed by atoms with Crippen molar-refractivity contribution in [3.63, 3.8) is 0 Å². The second-order valence-electron chi connectivity index (χ2n) is 8.85. The van der Waals surface area contributed by atoms with Crippen molar-refractivity contribution in [3.05, 3.63) is 99.6 Å². The summed E-state index contributed by atoms with van der Waals surface area (Å²) in [5.74, 6) is -1.14. The number of fused-ring (bicyclic) bond motifs is 1. The fourth-order valence-corrected chi connectivity index (χ4v) is 4.77. The van der Waals surface area contributed by atoms with Gasteiger partial charge in [-0.1, -0.05) is 42.5 Å². The minimum absolute atomic E-state index is 0.0962. The highest BCUT2D eigenvalue weighted by Gasteiger charge is 2.31. The van der Waals surface area contributed by atoms with Crippen LogP contribution in [0.5, 0.6) is 0 Å². The number of hydrogen-bond acceptors (Lipinski definition) is 6. The van der Waals surface area contributed by atoms with Crippen molar-refractivity contribution in [3.8, 4) is 0 Å². The lowest BCUT2D eigenvalue weighted by molar-refractivity contribution is -0.384. The zero-order chi connectivity index (χ0) is 25.2. The fourth-order valence-electron chi connectivity index (χ4n) is 4.77. The highest BCUT2D eigenvalue weighted by molar-refractivity contribution is 6.37. The Bertz CT molecular complexity index is 1370. The molecule has 1 atom stereocenters. The van der Waals surface area contributed by atoms with E-state index in [0.29, 0.717) is 35.5 Å². The van der Waals surface area contributed by atoms with Crippen LogP contribution in [0, 0.1) is 10.1 Å². The molecule has 36 heavy (non-hydrogen) atoms. The number of nitro benzene ring substituents is 1. The van der Waals surface area contributed by atoms with Gasteiger partial charge in [0.25, 0.3) is 11.6 Å². The number of amides is 1. The van der Waals surface area contributed by atoms with E-state index in [4.69, 9.17) is 0 Å². The fraction of sp³-hybridized carbons (Fsp3) is 0.185. The summed E-state index contributed by atoms with van der Waals surface area (Å²) < 4.78 is 0. The molecule has 3 aromatic carbocycles. The lowest BCUT2D eigenvalue weighted by Crippen LogP contribution is -2.35. The number of anilines is 2. The molecule has 182 valence electrons. The number of likely N-dealkylation sites (tertiary alicyclic amines) is 1. The van der Waals surface area contributed by atoms with Gasteiger partial charge in [-0.05, 0) is 48.7 Å². The van der Waals surface area contributed by atoms with Crippen LogP contribution in [0.15, 0.2) is 72.8 Å². The van der Waals surface area contributed by atoms with E-state index in [-0.39, 0.29) is 11.6 Å². The van der Waals surface area contributed by atoms with Gasteiger partial charge in [0, 0.05) is 35.6 Å². The van der Waals surface area contributed by atoms with Gasteiger partial charge in [0.1, 0.15) is 6.04 Å². The molecule has 3 N–H and O–H groups in total. The van der Waals surface area contributed by atoms with E-state index in [1.165, 1.54) is 12.1 Å². The van der Waals surface area contributed by atoms with E-state index in [2.05, 4.69) is 10.6 Å². The standard InChI is InChI=1S/C27H24N4O5/c32-26-24(21-15-20(31(35)36)12-13-22(21)29-26)25(18-5-2-1-3-6-18)28-19-10-8-17(9-11-19)16-30-14-4-7-23(30)27(33)34/h1-3,5-6,8-13,15,23,28H,4,7,14,16H2,(H,29,32)(H,33,34)/b25-24-. The Morgan fingerprint density at radius 3 is 2.56 bits per heavy atom. The first kappa shape index (κ1) is 23.3. The summed E-state index contributed by atoms with van der Waals surface area (Å²) in [6.45, 7) is 1.30. The number of nitrogens with zero attached hydrogens (tertiary/aromatic N) is 2. The molecule has 0 bridgehead atoms. The van der Waals surface area contributed by atoms with Crippen molar-refractivity contribution in [1.29, 1.82) is 0 Å². The quantitative estimate of drug-likeness (QED) is 0.255. The lowest BCUT2D eigenvalue weighted by Gasteiger charge is -2.21. The summed E-state index contributed by atoms with van der Waals surface area (Å²) in [7, 11) is 0. The van der Waals surface area contributed by atoms with E-state index >= 15 is 0 Å². The van der Waals surface area contributed by atoms with Crippen molar-refractivity contribution in [2.24, 2.45) is 0 Å². The number of carboxylic acids is 1. The molecule has 0 spiro atoms. The van der Waals surface area contributed by atoms with Crippen LogP contribution in [-0.2, 0) is 16.1 Å². The Labute approximate surface area is 207 Å². The molecule has 1 unspecified atom stereocenters. The number of carbonyl (C=O) groups excluding carboxylic acids is 1. The number of benzene rings is 3. The van der Waals surface area contributed by atoms with E-state index in [0.717, 1.165) is 29.8 Å². The van der Waals surface area contributed by atoms with Gasteiger partial charge in [0.05, 0.1) is 16.2 Å². The molecule has 1 amide bonds. The summed E-state index contributed by atoms with van der Waals surface area (Å²) in [5.41, 5.74) is 4.22. The van der Waals surface area contributed by atoms with Crippen LogP contribution in [0.25, 0.3) is 11.3 Å². The van der Waals surface area contributed by atoms with Crippen LogP contribution in [-0.4, -0.2) is 39.4 Å². The molecule has 2 aliphatic heterocycles. The second kappa shape index (κ2) is 9.63. The molecule has 2 heterocycles. The van der Waals surface area contributed by atoms with Gasteiger partial charge in [0.15, 0.2) is 0 Å². The van der Waals surface area contributed by atoms with Crippen LogP contribution < -0.4 is 10.6 Å². The number of hydrogen-bond donors (Lipinski definition) is 3. The molecular formula is C27H24N4O5. The van der Waals surface area contributed by atoms with Gasteiger partial charge in [-0.15, -0.1) is 0 Å². The summed E-state index contributed by atoms with van der Waals surface area (Å²) in [6, 6.07) is 20.8. The van der Waals surface area contributed by atoms with Gasteiger partial charge in [-0.2, -0.15) is 0 Å². The summed E-state index contributed by atoms with van der Waals surface area (Å²) in [6.07, 6.45) is 1.52. The normalized spacial score (nSPS) is 18.4. The monoisotopic (exact) mass is 484 g/mol. The third-order valence-corrected chi connectivity index (χ3v) is 6.53. The van der Waals surface area contributed by atoms with Crippen molar-refractivity contribution in [1.82, 2.24) is 4.90 Å². The van der Waals surface area contributed by atoms with Gasteiger partial charge in [0.2, 0.25) is 0 Å². The zero-order valence-electron chi connectivity index (χ0n) is 19.3. The third-order valence-electron chi connectivity index (χ3n) is 6.53. The topological polar surface area (TPSA) is 125 Å². The number of nitrogens with one attached hydrogen (secondary N) is 2. The van der Waals surface area contributed by atoms with Gasteiger partial charge in [-0.25, -0.2) is 0 Å². The van der Waals surface area contributed by atoms with Crippen LogP contribution in [0.4, 0.5) is 17.1 Å². The van der Waals surface area contributed by atoms with Crippen LogP contribution >= 0.6 is 0 Å². The molecule has 1 fully saturated rings. The summed E-state index contributed by atoms with van der Waals surface area (Å²) >= 11 is 0. The molecule has 2 aliphatic rings. The summed E-state index contributed by atoms with van der Waals surface area (Å²) in [4.78, 5) is 37.4. The predicted molar refractivity (Wildman–Crippen MR) is 136 cm³/mol. The average Bonchev–Trinajstić information content (AvgIpc) is 3.47. The van der Waals surface area contributed by atoms with Gasteiger partial charge in [-0.3, -0.25) is 24.6 Å². The second-order valence-corrected chi connectivity index (χ2v) is 8.85. The maximum Gasteiger partial charge on any atom is 0.320 e. The number of nitro groups is 1. The van der Waals surface area contributed by atoms with E-state index < -0.39 is 16.9 Å². The molecule has 5 rings (SSSR count). The first-order chi connectivity index (χ1) is 17.4. The Kier molecular flexibility index (Phi) is 6.22. The number of carbonyl (C=O) groups is 2.